The summed E-state index contributed by atoms with van der Waals surface area (Å²) >= 11 is 0. The number of aromatic nitrogens is 4. The number of aromatic amines is 1. The van der Waals surface area contributed by atoms with Gasteiger partial charge in [0.25, 0.3) is 5.56 Å². The zero-order chi connectivity index (χ0) is 34.6. The lowest BCUT2D eigenvalue weighted by Gasteiger charge is -2.46. The average Bonchev–Trinajstić information content (AvgIpc) is 3.40. The summed E-state index contributed by atoms with van der Waals surface area (Å²) in [5.41, 5.74) is 33.7. The van der Waals surface area contributed by atoms with E-state index in [9.17, 15) is 34.8 Å². The molecule has 2 aromatic heterocycles. The molecule has 2 aromatic rings. The Bertz CT molecular complexity index is 1480. The van der Waals surface area contributed by atoms with E-state index < -0.39 is 84.5 Å². The molecular weight excluding hydrogens is 626 g/mol. The highest BCUT2D eigenvalue weighted by Crippen LogP contribution is 2.27. The molecule has 1 saturated carbocycles. The predicted molar refractivity (Wildman–Crippen MR) is 164 cm³/mol. The first-order valence-corrected chi connectivity index (χ1v) is 14.8. The van der Waals surface area contributed by atoms with Gasteiger partial charge in [0, 0.05) is 25.2 Å². The van der Waals surface area contributed by atoms with Crippen molar-refractivity contribution in [1.82, 2.24) is 30.2 Å². The number of hydrogen-bond donors (Lipinski definition) is 13. The summed E-state index contributed by atoms with van der Waals surface area (Å²) in [4.78, 5) is 52.5. The number of imidazole rings is 1. The number of aliphatic imine (C=N–C) groups is 1. The van der Waals surface area contributed by atoms with Crippen LogP contribution in [0.1, 0.15) is 19.3 Å². The Labute approximate surface area is 266 Å². The second-order valence-corrected chi connectivity index (χ2v) is 11.6. The maximum Gasteiger partial charge on any atom is 0.280 e. The Balaban J connectivity index is 1.42. The van der Waals surface area contributed by atoms with Crippen molar-refractivity contribution >= 4 is 34.9 Å². The zero-order valence-electron chi connectivity index (χ0n) is 25.3. The fourth-order valence-electron chi connectivity index (χ4n) is 5.45. The molecule has 2 fully saturated rings. The smallest absolute Gasteiger partial charge is 0.280 e. The normalized spacial score (nSPS) is 31.6. The molecule has 0 radical (unpaired) electrons. The Morgan fingerprint density at radius 2 is 1.85 bits per heavy atom. The third-order valence-corrected chi connectivity index (χ3v) is 8.01. The lowest BCUT2D eigenvalue weighted by atomic mass is 9.84. The molecule has 262 valence electrons. The van der Waals surface area contributed by atoms with Gasteiger partial charge in [-0.3, -0.25) is 24.4 Å². The van der Waals surface area contributed by atoms with Crippen molar-refractivity contribution in [2.75, 3.05) is 18.8 Å². The number of nitrogens with one attached hydrogen (secondary N) is 3. The standard InChI is InChI=1S/C25H43N13O9/c26-8-4-9(27)19(18(43)15(8)40)47-23-13(28)17(42)16(41)11(46-23)5-33-21(44)10(2-1-3-32-24(29)30)35-12(39)6-38-7-34-14-20(38)36-25(31)37-22(14)45/h7-11,13,15-19,23,40-43H,1-6,26-28H2,(H,33,44)(H,35,39)(H4,29,30,32)(H3,31,36,37,45)/t8-,9+,10+,11-,13-,15+,16-,17-,18-,19-,23-/m1/s1. The summed E-state index contributed by atoms with van der Waals surface area (Å²) in [7, 11) is 0. The minimum absolute atomic E-state index is 0.0338. The highest BCUT2D eigenvalue weighted by atomic mass is 16.7. The van der Waals surface area contributed by atoms with Crippen LogP contribution >= 0.6 is 0 Å². The van der Waals surface area contributed by atoms with Crippen LogP contribution in [0.2, 0.25) is 0 Å². The van der Waals surface area contributed by atoms with Crippen LogP contribution in [0.5, 0.6) is 0 Å². The van der Waals surface area contributed by atoms with Gasteiger partial charge in [-0.1, -0.05) is 0 Å². The molecule has 4 rings (SSSR count). The van der Waals surface area contributed by atoms with Gasteiger partial charge in [0.2, 0.25) is 17.8 Å². The van der Waals surface area contributed by atoms with Gasteiger partial charge in [-0.2, -0.15) is 4.98 Å². The third-order valence-electron chi connectivity index (χ3n) is 8.01. The number of aliphatic hydroxyl groups is 4. The fourth-order valence-corrected chi connectivity index (χ4v) is 5.45. The number of ether oxygens (including phenoxy) is 2. The molecule has 1 aliphatic carbocycles. The second kappa shape index (κ2) is 15.3. The topological polar surface area (TPSA) is 390 Å². The van der Waals surface area contributed by atoms with Gasteiger partial charge in [-0.05, 0) is 19.3 Å². The largest absolute Gasteiger partial charge is 0.389 e. The summed E-state index contributed by atoms with van der Waals surface area (Å²) in [6, 6.07) is -4.01. The minimum Gasteiger partial charge on any atom is -0.389 e. The maximum atomic E-state index is 13.3. The van der Waals surface area contributed by atoms with E-state index in [1.807, 2.05) is 0 Å². The number of rotatable bonds is 12. The molecule has 0 aromatic carbocycles. The van der Waals surface area contributed by atoms with E-state index in [4.69, 9.17) is 43.9 Å². The van der Waals surface area contributed by atoms with Crippen LogP contribution in [-0.2, 0) is 25.6 Å². The first kappa shape index (κ1) is 35.8. The van der Waals surface area contributed by atoms with Gasteiger partial charge >= 0.3 is 0 Å². The van der Waals surface area contributed by atoms with Gasteiger partial charge in [0.1, 0.15) is 43.1 Å². The molecule has 1 saturated heterocycles. The SMILES string of the molecule is NC(N)=NCCC[C@H](NC(=O)Cn1cnc2c(=O)[nH]c(N)nc21)C(=O)NC[C@H]1O[C@H](O[C@H]2[C@H](O)[C@@H](O)[C@H](N)C[C@@H]2N)[C@H](N)[C@@H](O)[C@@H]1O. The van der Waals surface area contributed by atoms with Crippen molar-refractivity contribution in [1.29, 1.82) is 0 Å². The van der Waals surface area contributed by atoms with E-state index in [-0.39, 0.29) is 62.0 Å². The van der Waals surface area contributed by atoms with E-state index in [2.05, 4.69) is 30.6 Å². The van der Waals surface area contributed by atoms with Crippen LogP contribution in [0.4, 0.5) is 5.95 Å². The number of nitrogen functional groups attached to an aromatic ring is 1. The number of H-pyrrole nitrogens is 1. The zero-order valence-corrected chi connectivity index (χ0v) is 25.3. The number of carbonyl (C=O) groups is 2. The Morgan fingerprint density at radius 3 is 2.55 bits per heavy atom. The molecule has 2 amide bonds. The molecule has 47 heavy (non-hydrogen) atoms. The number of guanidine groups is 1. The molecular formula is C25H43N13O9. The van der Waals surface area contributed by atoms with Crippen LogP contribution in [0.3, 0.4) is 0 Å². The Morgan fingerprint density at radius 1 is 1.13 bits per heavy atom. The van der Waals surface area contributed by atoms with Crippen LogP contribution in [0.25, 0.3) is 11.2 Å². The Hall–Kier alpha value is -4.00. The Kier molecular flexibility index (Phi) is 11.6. The number of carbonyl (C=O) groups excluding carboxylic acids is 2. The minimum atomic E-state index is -1.57. The predicted octanol–water partition coefficient (Wildman–Crippen LogP) is -7.70. The molecule has 3 heterocycles. The summed E-state index contributed by atoms with van der Waals surface area (Å²) < 4.78 is 12.8. The van der Waals surface area contributed by atoms with Crippen molar-refractivity contribution in [3.8, 4) is 0 Å². The number of anilines is 1. The average molecular weight is 670 g/mol. The van der Waals surface area contributed by atoms with E-state index in [1.54, 1.807) is 0 Å². The third kappa shape index (κ3) is 8.48. The molecule has 19 N–H and O–H groups in total. The number of aliphatic hydroxyl groups excluding tert-OH is 4. The molecule has 1 aliphatic heterocycles. The summed E-state index contributed by atoms with van der Waals surface area (Å²) in [6.07, 6.45) is -8.08. The summed E-state index contributed by atoms with van der Waals surface area (Å²) in [6.45, 7) is -0.580. The summed E-state index contributed by atoms with van der Waals surface area (Å²) in [5.74, 6) is -1.65. The number of hydrogen-bond acceptors (Lipinski definition) is 16. The molecule has 0 unspecified atom stereocenters. The first-order chi connectivity index (χ1) is 22.2. The van der Waals surface area contributed by atoms with Gasteiger partial charge in [0.05, 0.1) is 18.5 Å². The second-order valence-electron chi connectivity index (χ2n) is 11.6. The molecule has 11 atom stereocenters. The fraction of sp³-hybridized carbons (Fsp3) is 0.680. The molecule has 2 aliphatic rings. The van der Waals surface area contributed by atoms with Crippen molar-refractivity contribution < 1.29 is 39.5 Å². The van der Waals surface area contributed by atoms with Gasteiger partial charge < -0.3 is 79.5 Å². The monoisotopic (exact) mass is 669 g/mol. The van der Waals surface area contributed by atoms with Crippen molar-refractivity contribution in [3.63, 3.8) is 0 Å². The first-order valence-electron chi connectivity index (χ1n) is 14.8. The van der Waals surface area contributed by atoms with Crippen LogP contribution in [0.15, 0.2) is 16.1 Å². The van der Waals surface area contributed by atoms with Crippen LogP contribution in [-0.4, -0.2) is 138 Å². The van der Waals surface area contributed by atoms with Crippen LogP contribution in [0, 0.1) is 0 Å². The quantitative estimate of drug-likeness (QED) is 0.0566. The molecule has 0 bridgehead atoms. The summed E-state index contributed by atoms with van der Waals surface area (Å²) in [5, 5.41) is 47.1. The van der Waals surface area contributed by atoms with E-state index in [0.29, 0.717) is 0 Å². The molecule has 22 heteroatoms. The number of nitrogens with two attached hydrogens (primary N) is 6. The number of fused-ring (bicyclic) bond motifs is 1. The molecule has 0 spiro atoms. The van der Waals surface area contributed by atoms with E-state index >= 15 is 0 Å². The number of amides is 2. The van der Waals surface area contributed by atoms with Crippen molar-refractivity contribution in [3.05, 3.63) is 16.7 Å². The number of nitrogens with zero attached hydrogens (tertiary/aromatic N) is 4. The lowest BCUT2D eigenvalue weighted by molar-refractivity contribution is -0.288. The van der Waals surface area contributed by atoms with Crippen molar-refractivity contribution in [2.24, 2.45) is 33.7 Å². The van der Waals surface area contributed by atoms with Gasteiger partial charge in [-0.25, -0.2) is 4.98 Å². The van der Waals surface area contributed by atoms with Gasteiger partial charge in [0.15, 0.2) is 23.4 Å². The van der Waals surface area contributed by atoms with Crippen LogP contribution < -0.4 is 50.6 Å². The van der Waals surface area contributed by atoms with Gasteiger partial charge in [-0.15, -0.1) is 0 Å². The highest BCUT2D eigenvalue weighted by molar-refractivity contribution is 5.88. The van der Waals surface area contributed by atoms with E-state index in [1.165, 1.54) is 10.9 Å². The highest BCUT2D eigenvalue weighted by Gasteiger charge is 2.48. The molecule has 22 nitrogen and oxygen atoms in total. The van der Waals surface area contributed by atoms with Crippen molar-refractivity contribution in [2.45, 2.75) is 92.9 Å². The maximum absolute atomic E-state index is 13.3. The van der Waals surface area contributed by atoms with E-state index in [0.717, 1.165) is 0 Å². The lowest BCUT2D eigenvalue weighted by Crippen LogP contribution is -2.67.